The van der Waals surface area contributed by atoms with E-state index in [1.165, 1.54) is 19.3 Å². The summed E-state index contributed by atoms with van der Waals surface area (Å²) in [5.74, 6) is 0. The minimum absolute atomic E-state index is 0.446. The maximum Gasteiger partial charge on any atom is 0.0704 e. The highest BCUT2D eigenvalue weighted by molar-refractivity contribution is 4.77. The summed E-state index contributed by atoms with van der Waals surface area (Å²) >= 11 is 0. The van der Waals surface area contributed by atoms with Gasteiger partial charge in [-0.2, -0.15) is 0 Å². The fourth-order valence-corrected chi connectivity index (χ4v) is 1.86. The Labute approximate surface area is 80.8 Å². The molecule has 2 unspecified atom stereocenters. The van der Waals surface area contributed by atoms with Crippen molar-refractivity contribution in [3.05, 3.63) is 0 Å². The van der Waals surface area contributed by atoms with E-state index in [0.717, 1.165) is 13.0 Å². The van der Waals surface area contributed by atoms with Crippen molar-refractivity contribution in [3.8, 4) is 0 Å². The normalized spacial score (nSPS) is 29.1. The molecule has 3 nitrogen and oxygen atoms in total. The highest BCUT2D eigenvalue weighted by Crippen LogP contribution is 2.20. The van der Waals surface area contributed by atoms with Gasteiger partial charge in [-0.25, -0.2) is 0 Å². The van der Waals surface area contributed by atoms with Gasteiger partial charge in [0.05, 0.1) is 19.3 Å². The number of hydrogen-bond donors (Lipinski definition) is 1. The molecule has 3 heteroatoms. The van der Waals surface area contributed by atoms with Crippen LogP contribution >= 0.6 is 0 Å². The van der Waals surface area contributed by atoms with Crippen LogP contribution in [0.2, 0.25) is 0 Å². The molecule has 1 rings (SSSR count). The third-order valence-electron chi connectivity index (χ3n) is 2.68. The molecule has 2 atom stereocenters. The maximum atomic E-state index is 5.69. The van der Waals surface area contributed by atoms with Crippen molar-refractivity contribution in [3.63, 3.8) is 0 Å². The molecule has 0 bridgehead atoms. The van der Waals surface area contributed by atoms with Crippen LogP contribution in [0.3, 0.4) is 0 Å². The maximum absolute atomic E-state index is 5.69. The SMILES string of the molecule is CNC1CCCC(OCCOC)C1. The molecule has 1 aliphatic carbocycles. The first kappa shape index (κ1) is 11.0. The summed E-state index contributed by atoms with van der Waals surface area (Å²) in [5, 5.41) is 3.31. The summed E-state index contributed by atoms with van der Waals surface area (Å²) in [6.07, 6.45) is 5.38. The average Bonchev–Trinajstić information content (AvgIpc) is 2.19. The summed E-state index contributed by atoms with van der Waals surface area (Å²) in [6.45, 7) is 1.44. The Balaban J connectivity index is 2.11. The van der Waals surface area contributed by atoms with Crippen molar-refractivity contribution in [2.45, 2.75) is 37.8 Å². The van der Waals surface area contributed by atoms with E-state index in [-0.39, 0.29) is 0 Å². The smallest absolute Gasteiger partial charge is 0.0704 e. The van der Waals surface area contributed by atoms with E-state index in [4.69, 9.17) is 9.47 Å². The molecule has 0 spiro atoms. The van der Waals surface area contributed by atoms with Gasteiger partial charge < -0.3 is 14.8 Å². The minimum atomic E-state index is 0.446. The van der Waals surface area contributed by atoms with Crippen LogP contribution in [0.1, 0.15) is 25.7 Å². The molecule has 1 fully saturated rings. The standard InChI is InChI=1S/C10H21NO2/c1-11-9-4-3-5-10(8-9)13-7-6-12-2/h9-11H,3-8H2,1-2H3. The lowest BCUT2D eigenvalue weighted by Gasteiger charge is -2.28. The molecule has 1 aliphatic rings. The van der Waals surface area contributed by atoms with Gasteiger partial charge in [0.15, 0.2) is 0 Å². The van der Waals surface area contributed by atoms with Crippen molar-refractivity contribution in [1.82, 2.24) is 5.32 Å². The molecule has 78 valence electrons. The zero-order chi connectivity index (χ0) is 9.52. The van der Waals surface area contributed by atoms with Gasteiger partial charge in [0.2, 0.25) is 0 Å². The number of ether oxygens (including phenoxy) is 2. The van der Waals surface area contributed by atoms with Crippen LogP contribution < -0.4 is 5.32 Å². The monoisotopic (exact) mass is 187 g/mol. The third-order valence-corrected chi connectivity index (χ3v) is 2.68. The van der Waals surface area contributed by atoms with Crippen molar-refractivity contribution in [1.29, 1.82) is 0 Å². The minimum Gasteiger partial charge on any atom is -0.382 e. The van der Waals surface area contributed by atoms with Gasteiger partial charge in [-0.05, 0) is 32.7 Å². The highest BCUT2D eigenvalue weighted by atomic mass is 16.5. The predicted molar refractivity (Wildman–Crippen MR) is 52.9 cm³/mol. The molecule has 0 amide bonds. The predicted octanol–water partition coefficient (Wildman–Crippen LogP) is 1.18. The van der Waals surface area contributed by atoms with Crippen LogP contribution in [-0.2, 0) is 9.47 Å². The molecule has 0 aromatic heterocycles. The molecule has 0 saturated heterocycles. The summed E-state index contributed by atoms with van der Waals surface area (Å²) in [5.41, 5.74) is 0. The average molecular weight is 187 g/mol. The van der Waals surface area contributed by atoms with Gasteiger partial charge in [-0.1, -0.05) is 0 Å². The molecular formula is C10H21NO2. The topological polar surface area (TPSA) is 30.5 Å². The van der Waals surface area contributed by atoms with Crippen LogP contribution in [0, 0.1) is 0 Å². The van der Waals surface area contributed by atoms with E-state index in [1.54, 1.807) is 7.11 Å². The second-order valence-electron chi connectivity index (χ2n) is 3.64. The lowest BCUT2D eigenvalue weighted by atomic mass is 9.93. The van der Waals surface area contributed by atoms with Gasteiger partial charge >= 0.3 is 0 Å². The number of hydrogen-bond acceptors (Lipinski definition) is 3. The molecule has 13 heavy (non-hydrogen) atoms. The third kappa shape index (κ3) is 4.07. The lowest BCUT2D eigenvalue weighted by molar-refractivity contribution is -0.00587. The fraction of sp³-hybridized carbons (Fsp3) is 1.00. The zero-order valence-electron chi connectivity index (χ0n) is 8.71. The summed E-state index contributed by atoms with van der Waals surface area (Å²) in [6, 6.07) is 0.654. The first-order chi connectivity index (χ1) is 6.36. The van der Waals surface area contributed by atoms with Gasteiger partial charge in [-0.15, -0.1) is 0 Å². The Morgan fingerprint density at radius 3 is 2.85 bits per heavy atom. The molecule has 0 heterocycles. The molecule has 0 aromatic carbocycles. The van der Waals surface area contributed by atoms with E-state index in [0.29, 0.717) is 18.8 Å². The van der Waals surface area contributed by atoms with E-state index in [1.807, 2.05) is 7.05 Å². The highest BCUT2D eigenvalue weighted by Gasteiger charge is 2.20. The first-order valence-corrected chi connectivity index (χ1v) is 5.14. The molecule has 1 N–H and O–H groups in total. The van der Waals surface area contributed by atoms with E-state index in [2.05, 4.69) is 5.32 Å². The zero-order valence-corrected chi connectivity index (χ0v) is 8.71. The van der Waals surface area contributed by atoms with Crippen LogP contribution in [0.25, 0.3) is 0 Å². The summed E-state index contributed by atoms with van der Waals surface area (Å²) in [4.78, 5) is 0. The van der Waals surface area contributed by atoms with Crippen molar-refractivity contribution in [2.24, 2.45) is 0 Å². The molecule has 0 aliphatic heterocycles. The van der Waals surface area contributed by atoms with E-state index >= 15 is 0 Å². The van der Waals surface area contributed by atoms with Gasteiger partial charge in [0.25, 0.3) is 0 Å². The van der Waals surface area contributed by atoms with Crippen LogP contribution in [0.4, 0.5) is 0 Å². The summed E-state index contributed by atoms with van der Waals surface area (Å²) in [7, 11) is 3.74. The summed E-state index contributed by atoms with van der Waals surface area (Å²) < 4.78 is 10.6. The Hall–Kier alpha value is -0.120. The second kappa shape index (κ2) is 6.35. The van der Waals surface area contributed by atoms with Crippen molar-refractivity contribution < 1.29 is 9.47 Å². The Morgan fingerprint density at radius 2 is 2.15 bits per heavy atom. The molecule has 0 aromatic rings. The largest absolute Gasteiger partial charge is 0.382 e. The number of rotatable bonds is 5. The van der Waals surface area contributed by atoms with Crippen LogP contribution in [0.5, 0.6) is 0 Å². The van der Waals surface area contributed by atoms with E-state index < -0.39 is 0 Å². The number of methoxy groups -OCH3 is 1. The van der Waals surface area contributed by atoms with Crippen molar-refractivity contribution >= 4 is 0 Å². The lowest BCUT2D eigenvalue weighted by Crippen LogP contribution is -2.35. The van der Waals surface area contributed by atoms with Gasteiger partial charge in [0.1, 0.15) is 0 Å². The Bertz CT molecular complexity index is 130. The van der Waals surface area contributed by atoms with Crippen molar-refractivity contribution in [2.75, 3.05) is 27.4 Å². The molecule has 0 radical (unpaired) electrons. The van der Waals surface area contributed by atoms with Crippen LogP contribution in [0.15, 0.2) is 0 Å². The fourth-order valence-electron chi connectivity index (χ4n) is 1.86. The van der Waals surface area contributed by atoms with Crippen LogP contribution in [-0.4, -0.2) is 39.5 Å². The van der Waals surface area contributed by atoms with Gasteiger partial charge in [-0.3, -0.25) is 0 Å². The molecular weight excluding hydrogens is 166 g/mol. The number of nitrogens with one attached hydrogen (secondary N) is 1. The van der Waals surface area contributed by atoms with E-state index in [9.17, 15) is 0 Å². The first-order valence-electron chi connectivity index (χ1n) is 5.14. The van der Waals surface area contributed by atoms with Gasteiger partial charge in [0, 0.05) is 13.2 Å². The second-order valence-corrected chi connectivity index (χ2v) is 3.64. The Morgan fingerprint density at radius 1 is 1.31 bits per heavy atom. The quantitative estimate of drug-likeness (QED) is 0.656. The Kier molecular flexibility index (Phi) is 5.35. The molecule has 1 saturated carbocycles.